The van der Waals surface area contributed by atoms with Crippen LogP contribution in [0.5, 0.6) is 0 Å². The minimum atomic E-state index is -0.383. The molecule has 0 saturated carbocycles. The summed E-state index contributed by atoms with van der Waals surface area (Å²) >= 11 is 0. The van der Waals surface area contributed by atoms with Crippen LogP contribution in [0.3, 0.4) is 0 Å². The first-order chi connectivity index (χ1) is 8.06. The number of nitrogen functional groups attached to an aromatic ring is 1. The van der Waals surface area contributed by atoms with E-state index in [9.17, 15) is 4.79 Å². The largest absolute Gasteiger partial charge is 0.408 e. The fourth-order valence-electron chi connectivity index (χ4n) is 1.29. The van der Waals surface area contributed by atoms with Gasteiger partial charge in [0.15, 0.2) is 0 Å². The topological polar surface area (TPSA) is 107 Å². The second kappa shape index (κ2) is 4.20. The van der Waals surface area contributed by atoms with Crippen molar-refractivity contribution < 1.29 is 9.21 Å². The van der Waals surface area contributed by atoms with Gasteiger partial charge in [0, 0.05) is 6.92 Å². The summed E-state index contributed by atoms with van der Waals surface area (Å²) in [5, 5.41) is 9.74. The molecule has 7 heteroatoms. The van der Waals surface area contributed by atoms with Gasteiger partial charge in [0.25, 0.3) is 5.91 Å². The van der Waals surface area contributed by atoms with E-state index in [0.717, 1.165) is 0 Å². The maximum absolute atomic E-state index is 11.9. The van der Waals surface area contributed by atoms with Crippen molar-refractivity contribution in [3.8, 4) is 0 Å². The van der Waals surface area contributed by atoms with E-state index in [2.05, 4.69) is 20.5 Å². The fourth-order valence-corrected chi connectivity index (χ4v) is 1.29. The quantitative estimate of drug-likeness (QED) is 0.798. The Morgan fingerprint density at radius 1 is 1.41 bits per heavy atom. The van der Waals surface area contributed by atoms with E-state index < -0.39 is 0 Å². The van der Waals surface area contributed by atoms with Crippen molar-refractivity contribution in [3.63, 3.8) is 0 Å². The lowest BCUT2D eigenvalue weighted by molar-refractivity contribution is 0.102. The zero-order chi connectivity index (χ0) is 12.4. The summed E-state index contributed by atoms with van der Waals surface area (Å²) in [6.45, 7) is 3.35. The number of anilines is 2. The van der Waals surface area contributed by atoms with Crippen molar-refractivity contribution in [1.29, 1.82) is 0 Å². The molecule has 17 heavy (non-hydrogen) atoms. The summed E-state index contributed by atoms with van der Waals surface area (Å²) in [5.74, 6) is -0.00586. The molecule has 1 amide bonds. The number of nitrogens with zero attached hydrogens (tertiary/aromatic N) is 3. The third kappa shape index (κ3) is 2.39. The molecule has 3 N–H and O–H groups in total. The zero-order valence-electron chi connectivity index (χ0n) is 9.39. The monoisotopic (exact) mass is 233 g/mol. The second-order valence-corrected chi connectivity index (χ2v) is 3.48. The molecule has 0 bridgehead atoms. The summed E-state index contributed by atoms with van der Waals surface area (Å²) in [4.78, 5) is 15.9. The zero-order valence-corrected chi connectivity index (χ0v) is 9.39. The van der Waals surface area contributed by atoms with Crippen LogP contribution in [0.2, 0.25) is 0 Å². The minimum absolute atomic E-state index is 0.0503. The Morgan fingerprint density at radius 2 is 2.18 bits per heavy atom. The number of rotatable bonds is 2. The minimum Gasteiger partial charge on any atom is -0.408 e. The lowest BCUT2D eigenvalue weighted by atomic mass is 10.2. The van der Waals surface area contributed by atoms with Gasteiger partial charge in [-0.25, -0.2) is 0 Å². The van der Waals surface area contributed by atoms with E-state index in [0.29, 0.717) is 22.8 Å². The summed E-state index contributed by atoms with van der Waals surface area (Å²) in [6, 6.07) is 1.59. The van der Waals surface area contributed by atoms with Crippen LogP contribution in [0.15, 0.2) is 16.7 Å². The number of aryl methyl sites for hydroxylation is 2. The second-order valence-electron chi connectivity index (χ2n) is 3.48. The number of hydrogen-bond acceptors (Lipinski definition) is 6. The molecule has 88 valence electrons. The van der Waals surface area contributed by atoms with Gasteiger partial charge in [-0.1, -0.05) is 5.10 Å². The summed E-state index contributed by atoms with van der Waals surface area (Å²) < 4.78 is 5.04. The van der Waals surface area contributed by atoms with Crippen LogP contribution in [0.1, 0.15) is 21.9 Å². The predicted molar refractivity (Wildman–Crippen MR) is 60.4 cm³/mol. The lowest BCUT2D eigenvalue weighted by Gasteiger charge is -2.04. The molecule has 2 aromatic rings. The Hall–Kier alpha value is -2.44. The predicted octanol–water partition coefficient (Wildman–Crippen LogP) is 0.916. The number of carbonyl (C=O) groups is 1. The highest BCUT2D eigenvalue weighted by atomic mass is 16.4. The van der Waals surface area contributed by atoms with Gasteiger partial charge in [0.1, 0.15) is 0 Å². The van der Waals surface area contributed by atoms with E-state index in [4.69, 9.17) is 10.2 Å². The number of pyridine rings is 1. The van der Waals surface area contributed by atoms with Gasteiger partial charge in [-0.15, -0.1) is 5.10 Å². The number of nitrogens with one attached hydrogen (secondary N) is 1. The van der Waals surface area contributed by atoms with Gasteiger partial charge in [0.05, 0.1) is 23.1 Å². The maximum Gasteiger partial charge on any atom is 0.322 e. The number of nitrogens with two attached hydrogens (primary N) is 1. The number of carbonyl (C=O) groups excluding carboxylic acids is 1. The Kier molecular flexibility index (Phi) is 2.73. The van der Waals surface area contributed by atoms with Gasteiger partial charge < -0.3 is 10.2 Å². The van der Waals surface area contributed by atoms with Crippen molar-refractivity contribution >= 4 is 17.6 Å². The third-order valence-electron chi connectivity index (χ3n) is 2.10. The Morgan fingerprint density at radius 3 is 2.82 bits per heavy atom. The van der Waals surface area contributed by atoms with Gasteiger partial charge in [-0.2, -0.15) is 0 Å². The van der Waals surface area contributed by atoms with E-state index in [1.165, 1.54) is 6.20 Å². The van der Waals surface area contributed by atoms with Crippen molar-refractivity contribution in [3.05, 3.63) is 29.4 Å². The number of hydrogen-bond donors (Lipinski definition) is 2. The van der Waals surface area contributed by atoms with Crippen molar-refractivity contribution in [2.24, 2.45) is 0 Å². The van der Waals surface area contributed by atoms with Crippen LogP contribution in [0.25, 0.3) is 0 Å². The molecule has 0 spiro atoms. The number of amides is 1. The molecule has 0 fully saturated rings. The van der Waals surface area contributed by atoms with Gasteiger partial charge in [-0.3, -0.25) is 15.1 Å². The van der Waals surface area contributed by atoms with Crippen LogP contribution in [0, 0.1) is 13.8 Å². The first kappa shape index (κ1) is 11.1. The molecule has 2 rings (SSSR count). The molecule has 2 heterocycles. The molecule has 0 atom stereocenters. The molecular formula is C10H11N5O2. The SMILES string of the molecule is Cc1nnc(NC(=O)c2cc(N)cnc2C)o1. The van der Waals surface area contributed by atoms with Crippen LogP contribution in [0.4, 0.5) is 11.7 Å². The fraction of sp³-hybridized carbons (Fsp3) is 0.200. The third-order valence-corrected chi connectivity index (χ3v) is 2.10. The van der Waals surface area contributed by atoms with Crippen molar-refractivity contribution in [1.82, 2.24) is 15.2 Å². The van der Waals surface area contributed by atoms with Crippen LogP contribution in [-0.2, 0) is 0 Å². The first-order valence-electron chi connectivity index (χ1n) is 4.90. The van der Waals surface area contributed by atoms with E-state index in [1.807, 2.05) is 0 Å². The molecule has 0 unspecified atom stereocenters. The Bertz CT molecular complexity index is 564. The van der Waals surface area contributed by atoms with E-state index in [1.54, 1.807) is 19.9 Å². The molecule has 0 radical (unpaired) electrons. The summed E-state index contributed by atoms with van der Waals surface area (Å²) in [7, 11) is 0. The summed E-state index contributed by atoms with van der Waals surface area (Å²) in [5.41, 5.74) is 6.94. The highest BCUT2D eigenvalue weighted by Crippen LogP contribution is 2.12. The molecular weight excluding hydrogens is 222 g/mol. The van der Waals surface area contributed by atoms with Crippen LogP contribution in [-0.4, -0.2) is 21.1 Å². The Labute approximate surface area is 97.1 Å². The standard InChI is InChI=1S/C10H11N5O2/c1-5-8(3-7(11)4-12-5)9(16)13-10-15-14-6(2)17-10/h3-4H,11H2,1-2H3,(H,13,15,16). The van der Waals surface area contributed by atoms with E-state index >= 15 is 0 Å². The molecule has 0 aromatic carbocycles. The highest BCUT2D eigenvalue weighted by molar-refractivity contribution is 6.04. The average molecular weight is 233 g/mol. The molecule has 0 aliphatic heterocycles. The van der Waals surface area contributed by atoms with Crippen LogP contribution >= 0.6 is 0 Å². The van der Waals surface area contributed by atoms with Gasteiger partial charge in [-0.05, 0) is 13.0 Å². The molecule has 0 saturated heterocycles. The van der Waals surface area contributed by atoms with Gasteiger partial charge >= 0.3 is 6.01 Å². The summed E-state index contributed by atoms with van der Waals surface area (Å²) in [6.07, 6.45) is 1.49. The van der Waals surface area contributed by atoms with Gasteiger partial charge in [0.2, 0.25) is 5.89 Å². The molecule has 2 aromatic heterocycles. The lowest BCUT2D eigenvalue weighted by Crippen LogP contribution is -2.14. The van der Waals surface area contributed by atoms with Crippen molar-refractivity contribution in [2.45, 2.75) is 13.8 Å². The molecule has 0 aliphatic rings. The smallest absolute Gasteiger partial charge is 0.322 e. The highest BCUT2D eigenvalue weighted by Gasteiger charge is 2.13. The first-order valence-corrected chi connectivity index (χ1v) is 4.90. The van der Waals surface area contributed by atoms with Crippen LogP contribution < -0.4 is 11.1 Å². The average Bonchev–Trinajstić information content (AvgIpc) is 2.67. The van der Waals surface area contributed by atoms with E-state index in [-0.39, 0.29) is 11.9 Å². The number of aromatic nitrogens is 3. The normalized spacial score (nSPS) is 10.2. The molecule has 0 aliphatic carbocycles. The maximum atomic E-state index is 11.9. The van der Waals surface area contributed by atoms with Crippen molar-refractivity contribution in [2.75, 3.05) is 11.1 Å². The Balaban J connectivity index is 2.22. The molecule has 7 nitrogen and oxygen atoms in total.